The van der Waals surface area contributed by atoms with Crippen LogP contribution in [0.15, 0.2) is 46.8 Å². The lowest BCUT2D eigenvalue weighted by molar-refractivity contribution is -0.113. The van der Waals surface area contributed by atoms with Crippen molar-refractivity contribution >= 4 is 58.5 Å². The maximum atomic E-state index is 12.3. The zero-order valence-electron chi connectivity index (χ0n) is 14.4. The summed E-state index contributed by atoms with van der Waals surface area (Å²) in [6.07, 6.45) is 0. The molecule has 144 valence electrons. The largest absolute Gasteiger partial charge is 0.486 e. The molecule has 3 aromatic rings. The van der Waals surface area contributed by atoms with Gasteiger partial charge in [-0.3, -0.25) is 4.79 Å². The van der Waals surface area contributed by atoms with Gasteiger partial charge in [0.1, 0.15) is 13.2 Å². The van der Waals surface area contributed by atoms with E-state index >= 15 is 0 Å². The average molecular weight is 452 g/mol. The summed E-state index contributed by atoms with van der Waals surface area (Å²) in [6, 6.07) is 12.6. The molecule has 10 heteroatoms. The molecule has 0 fully saturated rings. The molecule has 0 bridgehead atoms. The van der Waals surface area contributed by atoms with Crippen molar-refractivity contribution in [3.63, 3.8) is 0 Å². The molecule has 4 rings (SSSR count). The molecule has 0 atom stereocenters. The Morgan fingerprint density at radius 2 is 1.96 bits per heavy atom. The van der Waals surface area contributed by atoms with Gasteiger partial charge in [-0.15, -0.1) is 5.10 Å². The minimum Gasteiger partial charge on any atom is -0.486 e. The molecule has 0 aliphatic carbocycles. The number of nitrogens with zero attached hydrogens (tertiary/aromatic N) is 2. The maximum absolute atomic E-state index is 12.3. The number of thioether (sulfide) groups is 1. The van der Waals surface area contributed by atoms with Gasteiger partial charge >= 0.3 is 0 Å². The number of aromatic nitrogens is 2. The maximum Gasteiger partial charge on any atom is 0.234 e. The number of benzene rings is 2. The molecule has 1 aromatic heterocycles. The number of carbonyl (C=O) groups excluding carboxylic acids is 1. The van der Waals surface area contributed by atoms with Gasteiger partial charge in [0.15, 0.2) is 19.8 Å². The summed E-state index contributed by atoms with van der Waals surface area (Å²) in [5.74, 6) is 1.40. The number of halogens is 1. The van der Waals surface area contributed by atoms with Crippen LogP contribution in [0.3, 0.4) is 0 Å². The molecular formula is C18H14ClN3O3S3. The molecule has 0 saturated carbocycles. The predicted octanol–water partition coefficient (Wildman–Crippen LogP) is 4.82. The molecule has 1 amide bonds. The van der Waals surface area contributed by atoms with Crippen LogP contribution < -0.4 is 14.8 Å². The van der Waals surface area contributed by atoms with E-state index in [1.807, 2.05) is 12.1 Å². The van der Waals surface area contributed by atoms with Gasteiger partial charge in [0.2, 0.25) is 5.91 Å². The summed E-state index contributed by atoms with van der Waals surface area (Å²) in [7, 11) is 0. The van der Waals surface area contributed by atoms with E-state index < -0.39 is 0 Å². The number of amides is 1. The number of carbonyl (C=O) groups is 1. The van der Waals surface area contributed by atoms with Crippen molar-refractivity contribution in [3.05, 3.63) is 51.4 Å². The van der Waals surface area contributed by atoms with Gasteiger partial charge in [0.05, 0.1) is 11.4 Å². The zero-order chi connectivity index (χ0) is 19.5. The number of ether oxygens (including phenoxy) is 2. The lowest BCUT2D eigenvalue weighted by atomic mass is 10.2. The second-order valence-electron chi connectivity index (χ2n) is 5.72. The van der Waals surface area contributed by atoms with Crippen LogP contribution in [-0.2, 0) is 4.79 Å². The quantitative estimate of drug-likeness (QED) is 0.443. The molecule has 6 nitrogen and oxygen atoms in total. The third kappa shape index (κ3) is 4.49. The van der Waals surface area contributed by atoms with Gasteiger partial charge in [-0.05, 0) is 48.6 Å². The normalized spacial score (nSPS) is 12.6. The highest BCUT2D eigenvalue weighted by Crippen LogP contribution is 2.32. The second kappa shape index (κ2) is 8.52. The molecule has 0 spiro atoms. The van der Waals surface area contributed by atoms with Crippen molar-refractivity contribution in [2.75, 3.05) is 24.3 Å². The highest BCUT2D eigenvalue weighted by Gasteiger charge is 2.14. The summed E-state index contributed by atoms with van der Waals surface area (Å²) < 4.78 is 14.0. The number of hydrogen-bond acceptors (Lipinski definition) is 7. The Labute approximate surface area is 179 Å². The summed E-state index contributed by atoms with van der Waals surface area (Å²) in [5.41, 5.74) is 1.49. The lowest BCUT2D eigenvalue weighted by Gasteiger charge is -2.18. The monoisotopic (exact) mass is 451 g/mol. The molecule has 28 heavy (non-hydrogen) atoms. The van der Waals surface area contributed by atoms with E-state index in [-0.39, 0.29) is 11.7 Å². The molecule has 1 aliphatic heterocycles. The molecule has 0 radical (unpaired) electrons. The number of anilines is 1. The zero-order valence-corrected chi connectivity index (χ0v) is 17.6. The molecule has 2 aromatic carbocycles. The fourth-order valence-electron chi connectivity index (χ4n) is 2.51. The van der Waals surface area contributed by atoms with Crippen LogP contribution in [0, 0.1) is 3.95 Å². The number of hydrogen-bond donors (Lipinski definition) is 1. The lowest BCUT2D eigenvalue weighted by Crippen LogP contribution is -2.17. The van der Waals surface area contributed by atoms with Gasteiger partial charge in [-0.2, -0.15) is 0 Å². The van der Waals surface area contributed by atoms with E-state index in [1.54, 1.807) is 35.0 Å². The number of nitrogens with one attached hydrogen (secondary N) is 1. The van der Waals surface area contributed by atoms with Crippen LogP contribution in [0.25, 0.3) is 5.69 Å². The Kier molecular flexibility index (Phi) is 5.86. The second-order valence-corrected chi connectivity index (χ2v) is 9.00. The van der Waals surface area contributed by atoms with Crippen LogP contribution in [-0.4, -0.2) is 34.7 Å². The first-order chi connectivity index (χ1) is 13.6. The highest BCUT2D eigenvalue weighted by atomic mass is 35.5. The summed E-state index contributed by atoms with van der Waals surface area (Å²) in [5, 5.41) is 7.99. The Balaban J connectivity index is 1.38. The molecule has 1 aliphatic rings. The Morgan fingerprint density at radius 3 is 2.75 bits per heavy atom. The van der Waals surface area contributed by atoms with Crippen LogP contribution >= 0.6 is 46.9 Å². The third-order valence-corrected chi connectivity index (χ3v) is 6.37. The first kappa shape index (κ1) is 19.3. The third-order valence-electron chi connectivity index (χ3n) is 3.75. The molecular weight excluding hydrogens is 438 g/mol. The van der Waals surface area contributed by atoms with E-state index in [9.17, 15) is 4.79 Å². The van der Waals surface area contributed by atoms with E-state index in [0.29, 0.717) is 39.4 Å². The topological polar surface area (TPSA) is 65.4 Å². The Bertz CT molecular complexity index is 1070. The van der Waals surface area contributed by atoms with Crippen LogP contribution in [0.2, 0.25) is 5.02 Å². The van der Waals surface area contributed by atoms with E-state index in [1.165, 1.54) is 23.1 Å². The van der Waals surface area contributed by atoms with Gasteiger partial charge < -0.3 is 14.8 Å². The number of rotatable bonds is 5. The SMILES string of the molecule is O=C(CSc1nn(-c2ccc(Cl)cc2)c(=S)s1)Nc1ccc2c(c1)OCCO2. The molecule has 2 heterocycles. The van der Waals surface area contributed by atoms with E-state index in [0.717, 1.165) is 10.0 Å². The molecule has 0 unspecified atom stereocenters. The molecule has 0 saturated heterocycles. The minimum absolute atomic E-state index is 0.138. The summed E-state index contributed by atoms with van der Waals surface area (Å²) in [4.78, 5) is 12.3. The van der Waals surface area contributed by atoms with Gasteiger partial charge in [0.25, 0.3) is 0 Å². The van der Waals surface area contributed by atoms with Crippen molar-refractivity contribution in [2.45, 2.75) is 4.34 Å². The first-order valence-electron chi connectivity index (χ1n) is 8.27. The Morgan fingerprint density at radius 1 is 1.21 bits per heavy atom. The van der Waals surface area contributed by atoms with E-state index in [4.69, 9.17) is 33.3 Å². The van der Waals surface area contributed by atoms with Crippen molar-refractivity contribution in [2.24, 2.45) is 0 Å². The van der Waals surface area contributed by atoms with Crippen molar-refractivity contribution in [1.29, 1.82) is 0 Å². The van der Waals surface area contributed by atoms with Gasteiger partial charge in [-0.25, -0.2) is 4.68 Å². The smallest absolute Gasteiger partial charge is 0.234 e. The van der Waals surface area contributed by atoms with Crippen molar-refractivity contribution in [1.82, 2.24) is 9.78 Å². The predicted molar refractivity (Wildman–Crippen MR) is 114 cm³/mol. The first-order valence-corrected chi connectivity index (χ1v) is 10.9. The van der Waals surface area contributed by atoms with Crippen LogP contribution in [0.4, 0.5) is 5.69 Å². The molecule has 1 N–H and O–H groups in total. The van der Waals surface area contributed by atoms with Crippen molar-refractivity contribution < 1.29 is 14.3 Å². The fraction of sp³-hybridized carbons (Fsp3) is 0.167. The summed E-state index contributed by atoms with van der Waals surface area (Å²) >= 11 is 14.0. The van der Waals surface area contributed by atoms with Crippen molar-refractivity contribution in [3.8, 4) is 17.2 Å². The summed E-state index contributed by atoms with van der Waals surface area (Å²) in [6.45, 7) is 1.03. The van der Waals surface area contributed by atoms with Gasteiger partial charge in [0, 0.05) is 16.8 Å². The standard InChI is InChI=1S/C18H14ClN3O3S3/c19-11-1-4-13(5-2-11)22-18(26)28-17(21-22)27-10-16(23)20-12-3-6-14-15(9-12)25-8-7-24-14/h1-6,9H,7-8,10H2,(H,20,23). The van der Waals surface area contributed by atoms with E-state index in [2.05, 4.69) is 10.4 Å². The highest BCUT2D eigenvalue weighted by molar-refractivity contribution is 8.01. The average Bonchev–Trinajstić information content (AvgIpc) is 3.07. The van der Waals surface area contributed by atoms with Crippen LogP contribution in [0.5, 0.6) is 11.5 Å². The Hall–Kier alpha value is -2.07. The minimum atomic E-state index is -0.138. The fourth-order valence-corrected chi connectivity index (χ4v) is 4.80. The van der Waals surface area contributed by atoms with Crippen LogP contribution in [0.1, 0.15) is 0 Å². The number of fused-ring (bicyclic) bond motifs is 1. The van der Waals surface area contributed by atoms with Gasteiger partial charge in [-0.1, -0.05) is 34.7 Å².